The Kier molecular flexibility index (Phi) is 8.49. The highest BCUT2D eigenvalue weighted by Gasteiger charge is 2.17. The first-order chi connectivity index (χ1) is 19.0. The second kappa shape index (κ2) is 12.5. The molecule has 10 nitrogen and oxygen atoms in total. The third-order valence-corrected chi connectivity index (χ3v) is 7.22. The monoisotopic (exact) mass is 560 g/mol. The van der Waals surface area contributed by atoms with Gasteiger partial charge in [-0.1, -0.05) is 47.6 Å². The summed E-state index contributed by atoms with van der Waals surface area (Å²) in [5.74, 6) is 1.23. The zero-order valence-electron chi connectivity index (χ0n) is 20.8. The van der Waals surface area contributed by atoms with E-state index in [1.807, 2.05) is 42.5 Å². The topological polar surface area (TPSA) is 121 Å². The molecular formula is C27H25ClN8O2S. The van der Waals surface area contributed by atoms with E-state index in [1.165, 1.54) is 30.5 Å². The van der Waals surface area contributed by atoms with Crippen LogP contribution in [0.2, 0.25) is 5.02 Å². The predicted molar refractivity (Wildman–Crippen MR) is 156 cm³/mol. The number of hydrogen-bond acceptors (Lipinski definition) is 10. The lowest BCUT2D eigenvalue weighted by Gasteiger charge is -2.26. The van der Waals surface area contributed by atoms with Gasteiger partial charge in [-0.05, 0) is 61.7 Å². The Morgan fingerprint density at radius 2 is 1.69 bits per heavy atom. The van der Waals surface area contributed by atoms with Crippen LogP contribution >= 0.6 is 23.4 Å². The number of anilines is 4. The zero-order valence-corrected chi connectivity index (χ0v) is 22.4. The first kappa shape index (κ1) is 26.4. The molecule has 12 heteroatoms. The molecule has 0 spiro atoms. The molecule has 1 fully saturated rings. The van der Waals surface area contributed by atoms with Crippen molar-refractivity contribution in [2.24, 2.45) is 5.10 Å². The minimum Gasteiger partial charge on any atom is -0.341 e. The van der Waals surface area contributed by atoms with Gasteiger partial charge in [0.2, 0.25) is 17.8 Å². The molecule has 1 aliphatic heterocycles. The molecule has 0 amide bonds. The van der Waals surface area contributed by atoms with E-state index in [9.17, 15) is 10.1 Å². The van der Waals surface area contributed by atoms with Gasteiger partial charge in [0, 0.05) is 40.3 Å². The number of benzene rings is 3. The number of rotatable bonds is 9. The molecule has 39 heavy (non-hydrogen) atoms. The van der Waals surface area contributed by atoms with E-state index in [4.69, 9.17) is 11.6 Å². The van der Waals surface area contributed by atoms with Crippen LogP contribution < -0.4 is 15.6 Å². The fraction of sp³-hybridized carbons (Fsp3) is 0.185. The van der Waals surface area contributed by atoms with Gasteiger partial charge in [-0.3, -0.25) is 10.1 Å². The van der Waals surface area contributed by atoms with Crippen molar-refractivity contribution in [3.63, 3.8) is 0 Å². The second-order valence-corrected chi connectivity index (χ2v) is 10.3. The van der Waals surface area contributed by atoms with Crippen molar-refractivity contribution in [2.75, 3.05) is 28.7 Å². The molecule has 2 N–H and O–H groups in total. The van der Waals surface area contributed by atoms with E-state index in [0.29, 0.717) is 27.4 Å². The number of hydrazone groups is 1. The van der Waals surface area contributed by atoms with Crippen molar-refractivity contribution in [3.05, 3.63) is 93.5 Å². The van der Waals surface area contributed by atoms with Crippen LogP contribution in [0.1, 0.15) is 24.8 Å². The quantitative estimate of drug-likeness (QED) is 0.130. The molecule has 1 aromatic heterocycles. The molecule has 0 saturated carbocycles. The molecule has 0 radical (unpaired) electrons. The highest BCUT2D eigenvalue weighted by atomic mass is 35.5. The van der Waals surface area contributed by atoms with E-state index < -0.39 is 4.92 Å². The van der Waals surface area contributed by atoms with Crippen LogP contribution in [-0.4, -0.2) is 39.2 Å². The number of hydrogen-bond donors (Lipinski definition) is 2. The molecule has 0 bridgehead atoms. The molecule has 0 unspecified atom stereocenters. The van der Waals surface area contributed by atoms with Crippen LogP contribution in [0, 0.1) is 10.1 Å². The lowest BCUT2D eigenvalue weighted by atomic mass is 10.1. The molecule has 5 rings (SSSR count). The minimum atomic E-state index is -0.401. The number of nitrogens with one attached hydrogen (secondary N) is 2. The molecule has 1 aliphatic rings. The van der Waals surface area contributed by atoms with Crippen molar-refractivity contribution < 1.29 is 4.92 Å². The Morgan fingerprint density at radius 1 is 0.949 bits per heavy atom. The summed E-state index contributed by atoms with van der Waals surface area (Å²) in [6, 6.07) is 21.8. The van der Waals surface area contributed by atoms with Gasteiger partial charge in [0.25, 0.3) is 5.69 Å². The molecule has 2 heterocycles. The summed E-state index contributed by atoms with van der Waals surface area (Å²) in [5, 5.41) is 19.8. The number of nitro benzene ring substituents is 1. The van der Waals surface area contributed by atoms with Crippen molar-refractivity contribution in [2.45, 2.75) is 29.1 Å². The molecule has 4 aromatic rings. The van der Waals surface area contributed by atoms with E-state index in [-0.39, 0.29) is 11.6 Å². The van der Waals surface area contributed by atoms with Crippen molar-refractivity contribution in [3.8, 4) is 0 Å². The van der Waals surface area contributed by atoms with Crippen LogP contribution in [0.4, 0.5) is 29.2 Å². The second-order valence-electron chi connectivity index (χ2n) is 8.73. The standard InChI is InChI=1S/C27H25ClN8O2S/c28-20-10-12-22(13-11-20)39-24-14-9-19(17-23(24)36(37)38)18-29-34-26-31-25(30-21-7-3-1-4-8-21)32-27(33-26)35-15-5-2-6-16-35/h1,3-4,7-14,17-18H,2,5-6,15-16H2,(H2,30,31,32,33,34). The number of para-hydroxylation sites is 1. The minimum absolute atomic E-state index is 0.0132. The Hall–Kier alpha value is -4.22. The fourth-order valence-corrected chi connectivity index (χ4v) is 5.02. The van der Waals surface area contributed by atoms with Gasteiger partial charge in [-0.2, -0.15) is 20.1 Å². The van der Waals surface area contributed by atoms with Crippen LogP contribution in [0.3, 0.4) is 0 Å². The lowest BCUT2D eigenvalue weighted by molar-refractivity contribution is -0.387. The number of piperidine rings is 1. The summed E-state index contributed by atoms with van der Waals surface area (Å²) in [5.41, 5.74) is 4.26. The fourth-order valence-electron chi connectivity index (χ4n) is 3.99. The van der Waals surface area contributed by atoms with Gasteiger partial charge in [0.05, 0.1) is 16.0 Å². The highest BCUT2D eigenvalue weighted by molar-refractivity contribution is 7.99. The normalized spacial score (nSPS) is 13.4. The van der Waals surface area contributed by atoms with Crippen LogP contribution in [0.15, 0.2) is 87.7 Å². The summed E-state index contributed by atoms with van der Waals surface area (Å²) in [7, 11) is 0. The highest BCUT2D eigenvalue weighted by Crippen LogP contribution is 2.35. The van der Waals surface area contributed by atoms with E-state index >= 15 is 0 Å². The first-order valence-electron chi connectivity index (χ1n) is 12.4. The van der Waals surface area contributed by atoms with E-state index in [2.05, 4.69) is 35.7 Å². The SMILES string of the molecule is O=[N+]([O-])c1cc(C=NNc2nc(Nc3ccccc3)nc(N3CCCCC3)n2)ccc1Sc1ccc(Cl)cc1. The van der Waals surface area contributed by atoms with E-state index in [1.54, 1.807) is 24.3 Å². The molecule has 1 saturated heterocycles. The summed E-state index contributed by atoms with van der Waals surface area (Å²) in [6.45, 7) is 1.75. The van der Waals surface area contributed by atoms with Gasteiger partial charge in [0.15, 0.2) is 0 Å². The maximum atomic E-state index is 11.8. The Morgan fingerprint density at radius 3 is 2.44 bits per heavy atom. The number of aromatic nitrogens is 3. The van der Waals surface area contributed by atoms with Crippen molar-refractivity contribution >= 4 is 58.8 Å². The lowest BCUT2D eigenvalue weighted by Crippen LogP contribution is -2.31. The largest absolute Gasteiger partial charge is 0.341 e. The number of nitro groups is 1. The van der Waals surface area contributed by atoms with E-state index in [0.717, 1.165) is 36.5 Å². The number of halogens is 1. The van der Waals surface area contributed by atoms with Crippen LogP contribution in [0.5, 0.6) is 0 Å². The van der Waals surface area contributed by atoms with Gasteiger partial charge < -0.3 is 10.2 Å². The molecule has 3 aromatic carbocycles. The summed E-state index contributed by atoms with van der Waals surface area (Å²) >= 11 is 7.25. The smallest absolute Gasteiger partial charge is 0.283 e. The van der Waals surface area contributed by atoms with Crippen LogP contribution in [-0.2, 0) is 0 Å². The Labute approximate surface area is 234 Å². The van der Waals surface area contributed by atoms with Gasteiger partial charge >= 0.3 is 0 Å². The van der Waals surface area contributed by atoms with Crippen molar-refractivity contribution in [1.82, 2.24) is 15.0 Å². The Bertz CT molecular complexity index is 1460. The summed E-state index contributed by atoms with van der Waals surface area (Å²) in [4.78, 5) is 28.5. The molecular weight excluding hydrogens is 536 g/mol. The van der Waals surface area contributed by atoms with Crippen molar-refractivity contribution in [1.29, 1.82) is 0 Å². The van der Waals surface area contributed by atoms with Gasteiger partial charge in [-0.15, -0.1) is 0 Å². The predicted octanol–water partition coefficient (Wildman–Crippen LogP) is 6.76. The Balaban J connectivity index is 1.34. The molecule has 0 atom stereocenters. The zero-order chi connectivity index (χ0) is 27.0. The average molecular weight is 561 g/mol. The van der Waals surface area contributed by atoms with Gasteiger partial charge in [0.1, 0.15) is 0 Å². The summed E-state index contributed by atoms with van der Waals surface area (Å²) < 4.78 is 0. The van der Waals surface area contributed by atoms with Crippen LogP contribution in [0.25, 0.3) is 0 Å². The third-order valence-electron chi connectivity index (χ3n) is 5.89. The third kappa shape index (κ3) is 7.21. The summed E-state index contributed by atoms with van der Waals surface area (Å²) in [6.07, 6.45) is 4.85. The maximum Gasteiger partial charge on any atom is 0.283 e. The van der Waals surface area contributed by atoms with Gasteiger partial charge in [-0.25, -0.2) is 5.43 Å². The number of nitrogens with zero attached hydrogens (tertiary/aromatic N) is 6. The average Bonchev–Trinajstić information content (AvgIpc) is 2.96. The maximum absolute atomic E-state index is 11.8. The molecule has 0 aliphatic carbocycles. The first-order valence-corrected chi connectivity index (χ1v) is 13.6. The molecule has 198 valence electrons.